The topological polar surface area (TPSA) is 83.8 Å². The Bertz CT molecular complexity index is 568. The van der Waals surface area contributed by atoms with Gasteiger partial charge >= 0.3 is 5.97 Å². The number of ether oxygens (including phenoxy) is 1. The number of carboxylic acid groups (broad SMARTS) is 1. The summed E-state index contributed by atoms with van der Waals surface area (Å²) >= 11 is 0. The molecule has 2 N–H and O–H groups in total. The Morgan fingerprint density at radius 3 is 2.61 bits per heavy atom. The molecule has 0 bridgehead atoms. The molecule has 3 unspecified atom stereocenters. The zero-order valence-electron chi connectivity index (χ0n) is 13.5. The lowest BCUT2D eigenvalue weighted by Gasteiger charge is -2.35. The fourth-order valence-electron chi connectivity index (χ4n) is 3.48. The van der Waals surface area contributed by atoms with Crippen molar-refractivity contribution in [2.75, 3.05) is 12.8 Å². The van der Waals surface area contributed by atoms with Crippen LogP contribution in [0.2, 0.25) is 0 Å². The molecule has 1 aromatic carbocycles. The van der Waals surface area contributed by atoms with Crippen LogP contribution in [-0.2, 0) is 20.3 Å². The molecule has 5 nitrogen and oxygen atoms in total. The number of aliphatic carboxylic acids is 1. The number of hydrogen-bond donors (Lipinski definition) is 2. The van der Waals surface area contributed by atoms with Gasteiger partial charge < -0.3 is 14.7 Å². The first-order chi connectivity index (χ1) is 10.9. The van der Waals surface area contributed by atoms with Crippen molar-refractivity contribution in [1.29, 1.82) is 0 Å². The molecule has 0 spiro atoms. The summed E-state index contributed by atoms with van der Waals surface area (Å²) in [5.74, 6) is -1.02. The number of carbonyl (C=O) groups is 1. The van der Waals surface area contributed by atoms with E-state index in [9.17, 15) is 19.4 Å². The summed E-state index contributed by atoms with van der Waals surface area (Å²) in [6.45, 7) is 2.42. The van der Waals surface area contributed by atoms with Gasteiger partial charge in [-0.15, -0.1) is 0 Å². The molecule has 0 radical (unpaired) electrons. The monoisotopic (exact) mass is 340 g/mol. The van der Waals surface area contributed by atoms with E-state index in [-0.39, 0.29) is 12.3 Å². The maximum Gasteiger partial charge on any atom is 0.312 e. The largest absolute Gasteiger partial charge is 0.481 e. The zero-order valence-corrected chi connectivity index (χ0v) is 14.4. The van der Waals surface area contributed by atoms with Gasteiger partial charge in [-0.25, -0.2) is 0 Å². The molecule has 23 heavy (non-hydrogen) atoms. The van der Waals surface area contributed by atoms with Crippen molar-refractivity contribution in [3.8, 4) is 0 Å². The van der Waals surface area contributed by atoms with Crippen molar-refractivity contribution in [3.63, 3.8) is 0 Å². The van der Waals surface area contributed by atoms with E-state index in [1.165, 1.54) is 0 Å². The van der Waals surface area contributed by atoms with E-state index < -0.39 is 24.9 Å². The minimum Gasteiger partial charge on any atom is -0.481 e. The highest BCUT2D eigenvalue weighted by atomic mass is 31.2. The molecule has 1 heterocycles. The lowest BCUT2D eigenvalue weighted by molar-refractivity contribution is -0.156. The standard InChI is InChI=1S/C17H25O5P/c1-2-10-17(16(18)19,15-9-6-11-22-15)13-23(20,21)12-14-7-4-3-5-8-14/h3-5,7-8,15H,2,6,9-13H2,1H3,(H,18,19)(H,20,21). The average Bonchev–Trinajstić information content (AvgIpc) is 3.01. The van der Waals surface area contributed by atoms with Crippen LogP contribution in [-0.4, -0.2) is 34.8 Å². The number of benzene rings is 1. The molecule has 1 aliphatic rings. The van der Waals surface area contributed by atoms with Gasteiger partial charge in [-0.05, 0) is 24.8 Å². The molecule has 0 aromatic heterocycles. The molecule has 3 atom stereocenters. The third-order valence-corrected chi connectivity index (χ3v) is 6.39. The number of carboxylic acids is 1. The van der Waals surface area contributed by atoms with Crippen LogP contribution in [0.5, 0.6) is 0 Å². The van der Waals surface area contributed by atoms with Crippen LogP contribution >= 0.6 is 7.37 Å². The molecule has 1 saturated heterocycles. The summed E-state index contributed by atoms with van der Waals surface area (Å²) in [5, 5.41) is 9.83. The highest BCUT2D eigenvalue weighted by molar-refractivity contribution is 7.57. The summed E-state index contributed by atoms with van der Waals surface area (Å²) in [6.07, 6.45) is 1.72. The predicted octanol–water partition coefficient (Wildman–Crippen LogP) is 3.51. The van der Waals surface area contributed by atoms with E-state index in [2.05, 4.69) is 0 Å². The Balaban J connectivity index is 2.24. The lowest BCUT2D eigenvalue weighted by Crippen LogP contribution is -2.45. The summed E-state index contributed by atoms with van der Waals surface area (Å²) < 4.78 is 18.4. The third kappa shape index (κ3) is 4.43. The van der Waals surface area contributed by atoms with Crippen LogP contribution in [0.3, 0.4) is 0 Å². The predicted molar refractivity (Wildman–Crippen MR) is 88.8 cm³/mol. The Hall–Kier alpha value is -1.16. The van der Waals surface area contributed by atoms with Crippen molar-refractivity contribution >= 4 is 13.3 Å². The SMILES string of the molecule is CCCC(CP(=O)(O)Cc1ccccc1)(C(=O)O)C1CCCO1. The highest BCUT2D eigenvalue weighted by Gasteiger charge is 2.51. The van der Waals surface area contributed by atoms with Gasteiger partial charge in [-0.3, -0.25) is 9.36 Å². The second-order valence-corrected chi connectivity index (χ2v) is 8.69. The van der Waals surface area contributed by atoms with E-state index in [1.807, 2.05) is 25.1 Å². The van der Waals surface area contributed by atoms with E-state index in [0.29, 0.717) is 25.9 Å². The van der Waals surface area contributed by atoms with Gasteiger partial charge in [0.25, 0.3) is 0 Å². The Morgan fingerprint density at radius 2 is 2.09 bits per heavy atom. The Kier molecular flexibility index (Phi) is 6.01. The normalized spacial score (nSPS) is 23.1. The van der Waals surface area contributed by atoms with Crippen LogP contribution in [0.4, 0.5) is 0 Å². The molecule has 0 aliphatic carbocycles. The van der Waals surface area contributed by atoms with E-state index in [1.54, 1.807) is 12.1 Å². The van der Waals surface area contributed by atoms with Crippen LogP contribution in [0.15, 0.2) is 30.3 Å². The van der Waals surface area contributed by atoms with E-state index in [0.717, 1.165) is 12.0 Å². The molecule has 0 saturated carbocycles. The van der Waals surface area contributed by atoms with Gasteiger partial charge in [-0.1, -0.05) is 43.7 Å². The molecular formula is C17H25O5P. The first-order valence-electron chi connectivity index (χ1n) is 8.09. The van der Waals surface area contributed by atoms with E-state index >= 15 is 0 Å². The highest BCUT2D eigenvalue weighted by Crippen LogP contribution is 2.53. The minimum absolute atomic E-state index is 0.000690. The van der Waals surface area contributed by atoms with Crippen molar-refractivity contribution in [3.05, 3.63) is 35.9 Å². The van der Waals surface area contributed by atoms with Crippen LogP contribution in [0.1, 0.15) is 38.2 Å². The van der Waals surface area contributed by atoms with Gasteiger partial charge in [0.1, 0.15) is 5.41 Å². The van der Waals surface area contributed by atoms with Crippen molar-refractivity contribution in [1.82, 2.24) is 0 Å². The van der Waals surface area contributed by atoms with Gasteiger partial charge in [0.05, 0.1) is 6.10 Å². The lowest BCUT2D eigenvalue weighted by atomic mass is 9.78. The molecule has 6 heteroatoms. The molecule has 0 amide bonds. The molecular weight excluding hydrogens is 315 g/mol. The van der Waals surface area contributed by atoms with Gasteiger partial charge in [0.15, 0.2) is 0 Å². The summed E-state index contributed by atoms with van der Waals surface area (Å²) in [6, 6.07) is 9.04. The quantitative estimate of drug-likeness (QED) is 0.708. The van der Waals surface area contributed by atoms with Crippen LogP contribution in [0.25, 0.3) is 0 Å². The van der Waals surface area contributed by atoms with Gasteiger partial charge in [0, 0.05) is 18.9 Å². The zero-order chi connectivity index (χ0) is 16.9. The molecule has 2 rings (SSSR count). The summed E-state index contributed by atoms with van der Waals surface area (Å²) in [4.78, 5) is 22.5. The number of rotatable bonds is 8. The molecule has 1 aromatic rings. The molecule has 1 fully saturated rings. The first kappa shape index (κ1) is 18.2. The third-order valence-electron chi connectivity index (χ3n) is 4.47. The maximum absolute atomic E-state index is 12.8. The van der Waals surface area contributed by atoms with Crippen molar-refractivity contribution in [2.45, 2.75) is 44.9 Å². The van der Waals surface area contributed by atoms with Crippen molar-refractivity contribution in [2.24, 2.45) is 5.41 Å². The minimum atomic E-state index is -3.63. The van der Waals surface area contributed by atoms with Crippen LogP contribution in [0, 0.1) is 5.41 Å². The molecule has 128 valence electrons. The fourth-order valence-corrected chi connectivity index (χ4v) is 5.75. The van der Waals surface area contributed by atoms with Gasteiger partial charge in [-0.2, -0.15) is 0 Å². The van der Waals surface area contributed by atoms with E-state index in [4.69, 9.17) is 4.74 Å². The van der Waals surface area contributed by atoms with Crippen LogP contribution < -0.4 is 0 Å². The molecule has 1 aliphatic heterocycles. The first-order valence-corrected chi connectivity index (χ1v) is 10.1. The summed E-state index contributed by atoms with van der Waals surface area (Å²) in [5.41, 5.74) is -0.522. The Labute approximate surface area is 137 Å². The second kappa shape index (κ2) is 7.61. The number of hydrogen-bond acceptors (Lipinski definition) is 3. The van der Waals surface area contributed by atoms with Crippen molar-refractivity contribution < 1.29 is 24.1 Å². The second-order valence-electron chi connectivity index (χ2n) is 6.36. The maximum atomic E-state index is 12.8. The fraction of sp³-hybridized carbons (Fsp3) is 0.588. The Morgan fingerprint density at radius 1 is 1.39 bits per heavy atom. The van der Waals surface area contributed by atoms with Gasteiger partial charge in [0.2, 0.25) is 7.37 Å². The summed E-state index contributed by atoms with van der Waals surface area (Å²) in [7, 11) is -3.63. The average molecular weight is 340 g/mol. The smallest absolute Gasteiger partial charge is 0.312 e.